The molecule has 1 rings (SSSR count). The second kappa shape index (κ2) is 7.04. The van der Waals surface area contributed by atoms with Gasteiger partial charge in [-0.1, -0.05) is 15.9 Å². The van der Waals surface area contributed by atoms with Gasteiger partial charge in [0.15, 0.2) is 0 Å². The minimum Gasteiger partial charge on any atom is -0.468 e. The molecule has 0 fully saturated rings. The lowest BCUT2D eigenvalue weighted by Gasteiger charge is -2.12. The molecule has 0 saturated carbocycles. The molecule has 6 heteroatoms. The standard InChI is InChI=1S/C13H13BrFNO3/c1-16(8-13(18)19-2)12(17)6-3-9-7-10(14)4-5-11(9)15/h3-7H,8H2,1-2H3. The van der Waals surface area contributed by atoms with Crippen molar-refractivity contribution in [2.75, 3.05) is 20.7 Å². The number of halogens is 2. The zero-order chi connectivity index (χ0) is 14.4. The summed E-state index contributed by atoms with van der Waals surface area (Å²) in [6, 6.07) is 4.42. The molecule has 0 unspecified atom stereocenters. The van der Waals surface area contributed by atoms with Crippen LogP contribution < -0.4 is 0 Å². The number of amides is 1. The van der Waals surface area contributed by atoms with Crippen LogP contribution in [0.2, 0.25) is 0 Å². The van der Waals surface area contributed by atoms with Crippen LogP contribution in [0, 0.1) is 5.82 Å². The minimum atomic E-state index is -0.516. The Hall–Kier alpha value is -1.69. The number of likely N-dealkylation sites (N-methyl/N-ethyl adjacent to an activating group) is 1. The van der Waals surface area contributed by atoms with Crippen molar-refractivity contribution >= 4 is 33.9 Å². The van der Waals surface area contributed by atoms with E-state index in [1.165, 1.54) is 37.3 Å². The Morgan fingerprint density at radius 1 is 1.47 bits per heavy atom. The third-order valence-electron chi connectivity index (χ3n) is 2.33. The highest BCUT2D eigenvalue weighted by molar-refractivity contribution is 9.10. The summed E-state index contributed by atoms with van der Waals surface area (Å²) in [5.74, 6) is -1.36. The van der Waals surface area contributed by atoms with Crippen molar-refractivity contribution in [1.82, 2.24) is 4.90 Å². The molecule has 19 heavy (non-hydrogen) atoms. The van der Waals surface area contributed by atoms with Crippen molar-refractivity contribution in [3.63, 3.8) is 0 Å². The molecule has 0 aliphatic heterocycles. The maximum atomic E-state index is 13.4. The Kier molecular flexibility index (Phi) is 5.69. The Balaban J connectivity index is 2.73. The molecule has 0 aliphatic carbocycles. The van der Waals surface area contributed by atoms with Gasteiger partial charge in [0, 0.05) is 23.2 Å². The van der Waals surface area contributed by atoms with E-state index < -0.39 is 17.7 Å². The molecule has 0 heterocycles. The molecule has 0 aromatic heterocycles. The van der Waals surface area contributed by atoms with Gasteiger partial charge in [-0.2, -0.15) is 0 Å². The first-order valence-corrected chi connectivity index (χ1v) is 6.18. The Morgan fingerprint density at radius 3 is 2.79 bits per heavy atom. The van der Waals surface area contributed by atoms with Gasteiger partial charge in [-0.3, -0.25) is 9.59 Å². The van der Waals surface area contributed by atoms with E-state index in [1.54, 1.807) is 12.1 Å². The monoisotopic (exact) mass is 329 g/mol. The number of ether oxygens (including phenoxy) is 1. The zero-order valence-corrected chi connectivity index (χ0v) is 12.1. The highest BCUT2D eigenvalue weighted by Crippen LogP contribution is 2.16. The fraction of sp³-hybridized carbons (Fsp3) is 0.231. The summed E-state index contributed by atoms with van der Waals surface area (Å²) in [5.41, 5.74) is 0.286. The van der Waals surface area contributed by atoms with Gasteiger partial charge in [0.25, 0.3) is 0 Å². The SMILES string of the molecule is COC(=O)CN(C)C(=O)C=Cc1cc(Br)ccc1F. The van der Waals surface area contributed by atoms with Crippen LogP contribution in [-0.2, 0) is 14.3 Å². The fourth-order valence-corrected chi connectivity index (χ4v) is 1.65. The molecule has 0 saturated heterocycles. The molecular weight excluding hydrogens is 317 g/mol. The van der Waals surface area contributed by atoms with E-state index in [-0.39, 0.29) is 12.1 Å². The van der Waals surface area contributed by atoms with Gasteiger partial charge >= 0.3 is 5.97 Å². The van der Waals surface area contributed by atoms with Crippen LogP contribution in [0.1, 0.15) is 5.56 Å². The molecule has 4 nitrogen and oxygen atoms in total. The topological polar surface area (TPSA) is 46.6 Å². The second-order valence-electron chi connectivity index (χ2n) is 3.77. The van der Waals surface area contributed by atoms with Crippen molar-refractivity contribution in [3.8, 4) is 0 Å². The smallest absolute Gasteiger partial charge is 0.325 e. The maximum absolute atomic E-state index is 13.4. The fourth-order valence-electron chi connectivity index (χ4n) is 1.27. The first-order chi connectivity index (χ1) is 8.93. The van der Waals surface area contributed by atoms with E-state index in [0.717, 1.165) is 0 Å². The Morgan fingerprint density at radius 2 is 2.16 bits per heavy atom. The van der Waals surface area contributed by atoms with Gasteiger partial charge in [-0.15, -0.1) is 0 Å². The molecule has 0 bridgehead atoms. The van der Waals surface area contributed by atoms with Crippen LogP contribution >= 0.6 is 15.9 Å². The van der Waals surface area contributed by atoms with E-state index in [2.05, 4.69) is 20.7 Å². The number of nitrogens with zero attached hydrogens (tertiary/aromatic N) is 1. The Labute approximate surface area is 119 Å². The molecule has 102 valence electrons. The Bertz CT molecular complexity index is 517. The zero-order valence-electron chi connectivity index (χ0n) is 10.5. The highest BCUT2D eigenvalue weighted by atomic mass is 79.9. The summed E-state index contributed by atoms with van der Waals surface area (Å²) in [4.78, 5) is 23.8. The van der Waals surface area contributed by atoms with Crippen LogP contribution in [0.3, 0.4) is 0 Å². The van der Waals surface area contributed by atoms with Gasteiger partial charge < -0.3 is 9.64 Å². The van der Waals surface area contributed by atoms with Crippen LogP contribution in [0.4, 0.5) is 4.39 Å². The molecule has 1 aromatic rings. The third-order valence-corrected chi connectivity index (χ3v) is 2.83. The van der Waals surface area contributed by atoms with Crippen molar-refractivity contribution in [2.24, 2.45) is 0 Å². The van der Waals surface area contributed by atoms with Crippen molar-refractivity contribution < 1.29 is 18.7 Å². The molecule has 0 atom stereocenters. The average molecular weight is 330 g/mol. The third kappa shape index (κ3) is 4.82. The van der Waals surface area contributed by atoms with E-state index in [4.69, 9.17) is 0 Å². The normalized spacial score (nSPS) is 10.5. The van der Waals surface area contributed by atoms with Crippen LogP contribution in [0.5, 0.6) is 0 Å². The van der Waals surface area contributed by atoms with Crippen molar-refractivity contribution in [1.29, 1.82) is 0 Å². The summed E-state index contributed by atoms with van der Waals surface area (Å²) in [7, 11) is 2.70. The van der Waals surface area contributed by atoms with E-state index in [9.17, 15) is 14.0 Å². The number of hydrogen-bond donors (Lipinski definition) is 0. The first-order valence-electron chi connectivity index (χ1n) is 5.39. The van der Waals surface area contributed by atoms with Crippen LogP contribution in [-0.4, -0.2) is 37.5 Å². The number of carbonyl (C=O) groups is 2. The van der Waals surface area contributed by atoms with Gasteiger partial charge in [0.05, 0.1) is 7.11 Å². The lowest BCUT2D eigenvalue weighted by atomic mass is 10.2. The van der Waals surface area contributed by atoms with Crippen LogP contribution in [0.25, 0.3) is 6.08 Å². The molecule has 0 spiro atoms. The predicted molar refractivity (Wildman–Crippen MR) is 72.8 cm³/mol. The summed E-state index contributed by atoms with van der Waals surface area (Å²) in [6.45, 7) is -0.152. The number of hydrogen-bond acceptors (Lipinski definition) is 3. The van der Waals surface area contributed by atoms with Crippen LogP contribution in [0.15, 0.2) is 28.7 Å². The van der Waals surface area contributed by atoms with E-state index in [0.29, 0.717) is 4.47 Å². The number of benzene rings is 1. The number of rotatable bonds is 4. The highest BCUT2D eigenvalue weighted by Gasteiger charge is 2.10. The molecule has 1 amide bonds. The molecule has 1 aromatic carbocycles. The second-order valence-corrected chi connectivity index (χ2v) is 4.69. The summed E-state index contributed by atoms with van der Waals surface area (Å²) >= 11 is 3.22. The minimum absolute atomic E-state index is 0.152. The summed E-state index contributed by atoms with van der Waals surface area (Å²) < 4.78 is 18.6. The number of esters is 1. The van der Waals surface area contributed by atoms with Gasteiger partial charge in [-0.05, 0) is 24.3 Å². The molecule has 0 aliphatic rings. The first kappa shape index (κ1) is 15.4. The lowest BCUT2D eigenvalue weighted by Crippen LogP contribution is -2.31. The predicted octanol–water partition coefficient (Wildman–Crippen LogP) is 2.23. The van der Waals surface area contributed by atoms with E-state index in [1.807, 2.05) is 0 Å². The van der Waals surface area contributed by atoms with Gasteiger partial charge in [0.2, 0.25) is 5.91 Å². The van der Waals surface area contributed by atoms with Crippen molar-refractivity contribution in [3.05, 3.63) is 40.1 Å². The largest absolute Gasteiger partial charge is 0.468 e. The molecule has 0 N–H and O–H groups in total. The number of methoxy groups -OCH3 is 1. The lowest BCUT2D eigenvalue weighted by molar-refractivity contribution is -0.144. The maximum Gasteiger partial charge on any atom is 0.325 e. The van der Waals surface area contributed by atoms with Gasteiger partial charge in [0.1, 0.15) is 12.4 Å². The average Bonchev–Trinajstić information content (AvgIpc) is 2.39. The summed E-state index contributed by atoms with van der Waals surface area (Å²) in [5, 5.41) is 0. The summed E-state index contributed by atoms with van der Waals surface area (Å²) in [6.07, 6.45) is 2.56. The van der Waals surface area contributed by atoms with E-state index >= 15 is 0 Å². The number of carbonyl (C=O) groups excluding carboxylic acids is 2. The quantitative estimate of drug-likeness (QED) is 0.628. The van der Waals surface area contributed by atoms with Gasteiger partial charge in [-0.25, -0.2) is 4.39 Å². The van der Waals surface area contributed by atoms with Crippen molar-refractivity contribution in [2.45, 2.75) is 0 Å². The molecular formula is C13H13BrFNO3. The molecule has 0 radical (unpaired) electrons.